The lowest BCUT2D eigenvalue weighted by Gasteiger charge is -2.36. The van der Waals surface area contributed by atoms with Crippen molar-refractivity contribution in [2.24, 2.45) is 0 Å². The summed E-state index contributed by atoms with van der Waals surface area (Å²) in [6.45, 7) is 4.00. The van der Waals surface area contributed by atoms with Gasteiger partial charge >= 0.3 is 6.03 Å². The molecule has 3 aliphatic carbocycles. The van der Waals surface area contributed by atoms with Gasteiger partial charge in [-0.15, -0.1) is 0 Å². The molecule has 198 valence electrons. The van der Waals surface area contributed by atoms with E-state index in [1.165, 1.54) is 0 Å². The topological polar surface area (TPSA) is 114 Å². The average Bonchev–Trinajstić information content (AvgIpc) is 3.83. The molecule has 4 fully saturated rings. The third-order valence-electron chi connectivity index (χ3n) is 8.07. The first-order valence-electron chi connectivity index (χ1n) is 13.5. The number of sulfone groups is 1. The highest BCUT2D eigenvalue weighted by Crippen LogP contribution is 2.51. The lowest BCUT2D eigenvalue weighted by Crippen LogP contribution is -2.44. The van der Waals surface area contributed by atoms with E-state index in [1.54, 1.807) is 0 Å². The molecule has 9 nitrogen and oxygen atoms in total. The summed E-state index contributed by atoms with van der Waals surface area (Å²) in [5, 5.41) is 5.54. The molecule has 10 heteroatoms. The number of anilines is 2. The van der Waals surface area contributed by atoms with Crippen LogP contribution in [-0.4, -0.2) is 61.5 Å². The smallest absolute Gasteiger partial charge is 0.319 e. The normalized spacial score (nSPS) is 23.6. The lowest BCUT2D eigenvalue weighted by molar-refractivity contribution is 0.0985. The summed E-state index contributed by atoms with van der Waals surface area (Å²) in [6.07, 6.45) is 6.55. The van der Waals surface area contributed by atoms with Crippen molar-refractivity contribution in [3.05, 3.63) is 36.0 Å². The number of benzene rings is 1. The van der Waals surface area contributed by atoms with Crippen LogP contribution in [0.1, 0.15) is 64.0 Å². The number of hydrogen-bond donors (Lipinski definition) is 2. The number of nitrogens with zero attached hydrogens (tertiary/aromatic N) is 3. The van der Waals surface area contributed by atoms with Gasteiger partial charge in [0.2, 0.25) is 0 Å². The maximum Gasteiger partial charge on any atom is 0.319 e. The zero-order chi connectivity index (χ0) is 25.6. The molecule has 1 aromatic heterocycles. The number of morpholine rings is 1. The Hall–Kier alpha value is -2.72. The molecule has 1 saturated heterocycles. The molecule has 0 unspecified atom stereocenters. The number of rotatable bonds is 7. The third kappa shape index (κ3) is 4.81. The van der Waals surface area contributed by atoms with Crippen molar-refractivity contribution >= 4 is 27.4 Å². The van der Waals surface area contributed by atoms with Crippen molar-refractivity contribution in [3.8, 4) is 11.4 Å². The van der Waals surface area contributed by atoms with Gasteiger partial charge in [-0.05, 0) is 69.7 Å². The van der Waals surface area contributed by atoms with Crippen molar-refractivity contribution in [1.29, 1.82) is 0 Å². The molecular weight excluding hydrogens is 490 g/mol. The van der Waals surface area contributed by atoms with Crippen LogP contribution in [0.25, 0.3) is 11.4 Å². The van der Waals surface area contributed by atoms with Gasteiger partial charge in [0.1, 0.15) is 10.6 Å². The van der Waals surface area contributed by atoms with E-state index in [0.717, 1.165) is 49.9 Å². The van der Waals surface area contributed by atoms with Crippen LogP contribution in [0.4, 0.5) is 16.3 Å². The molecule has 4 aliphatic rings. The Kier molecular flexibility index (Phi) is 6.35. The summed E-state index contributed by atoms with van der Waals surface area (Å²) in [7, 11) is -3.35. The van der Waals surface area contributed by atoms with E-state index < -0.39 is 14.6 Å². The van der Waals surface area contributed by atoms with E-state index in [-0.39, 0.29) is 23.4 Å². The minimum absolute atomic E-state index is 0.125. The van der Waals surface area contributed by atoms with Crippen LogP contribution < -0.4 is 15.5 Å². The SMILES string of the molecule is C[C@H]1COCCN1c1cc(C2(S(=O)(=O)C3CC3)CCCC2)nc(-c2ccc(NC(=O)NC3CC3)cc2)n1. The van der Waals surface area contributed by atoms with Gasteiger partial charge < -0.3 is 20.3 Å². The molecule has 0 spiro atoms. The van der Waals surface area contributed by atoms with Crippen molar-refractivity contribution in [2.45, 2.75) is 80.4 Å². The number of ether oxygens (including phenoxy) is 1. The van der Waals surface area contributed by atoms with Gasteiger partial charge in [0.15, 0.2) is 15.7 Å². The highest BCUT2D eigenvalue weighted by atomic mass is 32.2. The molecule has 37 heavy (non-hydrogen) atoms. The quantitative estimate of drug-likeness (QED) is 0.562. The molecule has 0 radical (unpaired) electrons. The molecule has 6 rings (SSSR count). The molecule has 2 heterocycles. The van der Waals surface area contributed by atoms with Crippen molar-refractivity contribution < 1.29 is 17.9 Å². The summed E-state index contributed by atoms with van der Waals surface area (Å²) in [5.74, 6) is 1.26. The predicted molar refractivity (Wildman–Crippen MR) is 142 cm³/mol. The van der Waals surface area contributed by atoms with Gasteiger partial charge in [-0.25, -0.2) is 23.2 Å². The molecule has 3 saturated carbocycles. The summed E-state index contributed by atoms with van der Waals surface area (Å²) in [5.41, 5.74) is 2.10. The molecule has 1 aromatic carbocycles. The van der Waals surface area contributed by atoms with E-state index >= 15 is 0 Å². The fourth-order valence-electron chi connectivity index (χ4n) is 5.62. The first-order valence-corrected chi connectivity index (χ1v) is 15.1. The monoisotopic (exact) mass is 525 g/mol. The van der Waals surface area contributed by atoms with E-state index in [4.69, 9.17) is 14.7 Å². The Bertz CT molecular complexity index is 1270. The van der Waals surface area contributed by atoms with E-state index in [0.29, 0.717) is 49.8 Å². The Balaban J connectivity index is 1.38. The molecule has 0 bridgehead atoms. The van der Waals surface area contributed by atoms with Crippen molar-refractivity contribution in [3.63, 3.8) is 0 Å². The maximum absolute atomic E-state index is 13.8. The Morgan fingerprint density at radius 1 is 1.08 bits per heavy atom. The van der Waals surface area contributed by atoms with Gasteiger partial charge in [0, 0.05) is 29.9 Å². The second-order valence-electron chi connectivity index (χ2n) is 10.9. The summed E-state index contributed by atoms with van der Waals surface area (Å²) >= 11 is 0. The number of carbonyl (C=O) groups is 1. The minimum atomic E-state index is -3.35. The number of urea groups is 1. The fourth-order valence-corrected chi connectivity index (χ4v) is 8.27. The first kappa shape index (κ1) is 24.6. The van der Waals surface area contributed by atoms with E-state index in [1.807, 2.05) is 30.3 Å². The number of hydrogen-bond acceptors (Lipinski definition) is 7. The molecular formula is C27H35N5O4S. The van der Waals surface area contributed by atoms with Crippen LogP contribution in [0.2, 0.25) is 0 Å². The van der Waals surface area contributed by atoms with Crippen LogP contribution in [0.3, 0.4) is 0 Å². The van der Waals surface area contributed by atoms with Gasteiger partial charge in [0.05, 0.1) is 30.2 Å². The first-order chi connectivity index (χ1) is 17.9. The molecule has 2 aromatic rings. The van der Waals surface area contributed by atoms with Crippen LogP contribution >= 0.6 is 0 Å². The van der Waals surface area contributed by atoms with E-state index in [2.05, 4.69) is 22.5 Å². The van der Waals surface area contributed by atoms with Crippen molar-refractivity contribution in [1.82, 2.24) is 15.3 Å². The Labute approximate surface area is 218 Å². The molecule has 2 amide bonds. The second-order valence-corrected chi connectivity index (χ2v) is 13.5. The summed E-state index contributed by atoms with van der Waals surface area (Å²) < 4.78 is 32.3. The Morgan fingerprint density at radius 2 is 1.81 bits per heavy atom. The van der Waals surface area contributed by atoms with Crippen LogP contribution in [0, 0.1) is 0 Å². The predicted octanol–water partition coefficient (Wildman–Crippen LogP) is 4.00. The van der Waals surface area contributed by atoms with Gasteiger partial charge in [0.25, 0.3) is 0 Å². The summed E-state index contributed by atoms with van der Waals surface area (Å²) in [6, 6.07) is 9.57. The van der Waals surface area contributed by atoms with Crippen LogP contribution in [0.15, 0.2) is 30.3 Å². The minimum Gasteiger partial charge on any atom is -0.377 e. The standard InChI is InChI=1S/C27H35N5O4S/c1-18-17-36-15-14-32(18)24-16-23(27(12-2-3-13-27)37(34,35)22-10-11-22)30-25(31-24)19-4-6-20(7-5-19)28-26(33)29-21-8-9-21/h4-7,16,18,21-22H,2-3,8-15,17H2,1H3,(H2,28,29,33)/t18-/m0/s1. The highest BCUT2D eigenvalue weighted by Gasteiger charge is 2.55. The molecule has 2 N–H and O–H groups in total. The van der Waals surface area contributed by atoms with Crippen molar-refractivity contribution in [2.75, 3.05) is 30.0 Å². The largest absolute Gasteiger partial charge is 0.377 e. The highest BCUT2D eigenvalue weighted by molar-refractivity contribution is 7.93. The number of amides is 2. The van der Waals surface area contributed by atoms with E-state index in [9.17, 15) is 13.2 Å². The summed E-state index contributed by atoms with van der Waals surface area (Å²) in [4.78, 5) is 24.2. The third-order valence-corrected chi connectivity index (χ3v) is 11.1. The fraction of sp³-hybridized carbons (Fsp3) is 0.593. The Morgan fingerprint density at radius 3 is 2.46 bits per heavy atom. The van der Waals surface area contributed by atoms with Gasteiger partial charge in [-0.3, -0.25) is 0 Å². The molecule has 1 atom stereocenters. The van der Waals surface area contributed by atoms with Gasteiger partial charge in [-0.1, -0.05) is 12.8 Å². The maximum atomic E-state index is 13.8. The lowest BCUT2D eigenvalue weighted by atomic mass is 10.0. The van der Waals surface area contributed by atoms with Gasteiger partial charge in [-0.2, -0.15) is 0 Å². The van der Waals surface area contributed by atoms with Crippen LogP contribution in [0.5, 0.6) is 0 Å². The number of nitrogens with one attached hydrogen (secondary N) is 2. The van der Waals surface area contributed by atoms with Crippen LogP contribution in [-0.2, 0) is 19.3 Å². The zero-order valence-corrected chi connectivity index (χ0v) is 22.1. The second kappa shape index (κ2) is 9.54. The number of aromatic nitrogens is 2. The number of carbonyl (C=O) groups excluding carboxylic acids is 1. The molecule has 1 aliphatic heterocycles. The average molecular weight is 526 g/mol. The zero-order valence-electron chi connectivity index (χ0n) is 21.3.